The van der Waals surface area contributed by atoms with Crippen LogP contribution in [0.25, 0.3) is 0 Å². The van der Waals surface area contributed by atoms with Gasteiger partial charge in [-0.05, 0) is 68.8 Å². The molecule has 6 atom stereocenters. The monoisotopic (exact) mass is 730 g/mol. The molecule has 0 aromatic heterocycles. The van der Waals surface area contributed by atoms with Gasteiger partial charge < -0.3 is 16.2 Å². The molecule has 1 amide bonds. The minimum Gasteiger partial charge on any atom is -0.434 e. The second kappa shape index (κ2) is 13.1. The number of ether oxygens (including phenoxy) is 1. The van der Waals surface area contributed by atoms with E-state index >= 15 is 0 Å². The van der Waals surface area contributed by atoms with Gasteiger partial charge in [0.2, 0.25) is 5.91 Å². The first-order valence-electron chi connectivity index (χ1n) is 9.38. The van der Waals surface area contributed by atoms with E-state index in [1.54, 1.807) is 6.26 Å². The Bertz CT molecular complexity index is 558. The highest BCUT2D eigenvalue weighted by molar-refractivity contribution is 15.0. The molecule has 2 aliphatic carbocycles. The van der Waals surface area contributed by atoms with Gasteiger partial charge in [-0.2, -0.15) is 0 Å². The van der Waals surface area contributed by atoms with E-state index in [-0.39, 0.29) is 53.8 Å². The predicted octanol–water partition coefficient (Wildman–Crippen LogP) is 6.34. The Hall–Kier alpha value is 0.570. The van der Waals surface area contributed by atoms with Crippen molar-refractivity contribution in [1.82, 2.24) is 11.5 Å². The Kier molecular flexibility index (Phi) is 13.3. The fraction of sp³-hybridized carbons (Fsp3) is 0.700. The number of rotatable bonds is 0. The van der Waals surface area contributed by atoms with Gasteiger partial charge in [0, 0.05) is 49.3 Å². The molecule has 4 N–H and O–H groups in total. The van der Waals surface area contributed by atoms with Gasteiger partial charge in [-0.1, -0.05) is 19.4 Å². The van der Waals surface area contributed by atoms with Crippen molar-refractivity contribution >= 4 is 73.1 Å². The lowest BCUT2D eigenvalue weighted by atomic mass is 9.83. The van der Waals surface area contributed by atoms with Crippen LogP contribution in [-0.2, 0) is 14.3 Å². The van der Waals surface area contributed by atoms with Crippen LogP contribution in [0.15, 0.2) is 23.6 Å². The summed E-state index contributed by atoms with van der Waals surface area (Å²) in [6, 6.07) is 0. The minimum absolute atomic E-state index is 0. The van der Waals surface area contributed by atoms with Crippen molar-refractivity contribution in [2.24, 2.45) is 35.5 Å². The van der Waals surface area contributed by atoms with E-state index < -0.39 is 0 Å². The largest absolute Gasteiger partial charge is 0.434 e. The third kappa shape index (κ3) is 6.29. The lowest BCUT2D eigenvalue weighted by molar-refractivity contribution is -0.146. The van der Waals surface area contributed by atoms with Crippen LogP contribution < -0.4 is 11.5 Å². The molecular weight excluding hydrogens is 697 g/mol. The normalized spacial score (nSPS) is 34.8. The summed E-state index contributed by atoms with van der Waals surface area (Å²) in [7, 11) is 0. The SMILES string of the molecule is CC1=CNC(=O)C2C1CC[C@@H]2C.CC1=COC(=O)C2C1CC[C@@H]2C.I.II.N. The predicted molar refractivity (Wildman–Crippen MR) is 141 cm³/mol. The summed E-state index contributed by atoms with van der Waals surface area (Å²) in [4.78, 5) is 22.8. The molecule has 4 aliphatic rings. The summed E-state index contributed by atoms with van der Waals surface area (Å²) in [6.07, 6.45) is 8.22. The van der Waals surface area contributed by atoms with Crippen molar-refractivity contribution in [3.8, 4) is 0 Å². The number of halogens is 3. The number of carbonyl (C=O) groups is 2. The maximum absolute atomic E-state index is 11.5. The molecule has 0 spiro atoms. The number of fused-ring (bicyclic) bond motifs is 2. The van der Waals surface area contributed by atoms with Gasteiger partial charge in [0.25, 0.3) is 0 Å². The van der Waals surface area contributed by atoms with E-state index in [4.69, 9.17) is 4.74 Å². The van der Waals surface area contributed by atoms with Gasteiger partial charge in [0.05, 0.1) is 12.2 Å². The number of amides is 1. The quantitative estimate of drug-likeness (QED) is 0.225. The number of carbonyl (C=O) groups excluding carboxylic acids is 2. The van der Waals surface area contributed by atoms with E-state index in [0.29, 0.717) is 23.7 Å². The Morgan fingerprint density at radius 3 is 1.93 bits per heavy atom. The molecular formula is C20H33I3N2O3. The Morgan fingerprint density at radius 1 is 0.929 bits per heavy atom. The number of esters is 1. The molecule has 0 aromatic carbocycles. The highest BCUT2D eigenvalue weighted by Crippen LogP contribution is 2.44. The summed E-state index contributed by atoms with van der Waals surface area (Å²) < 4.78 is 4.97. The highest BCUT2D eigenvalue weighted by atomic mass is 128. The fourth-order valence-electron chi connectivity index (χ4n) is 4.96. The highest BCUT2D eigenvalue weighted by Gasteiger charge is 2.42. The number of hydrogen-bond donors (Lipinski definition) is 2. The first-order chi connectivity index (χ1) is 12.4. The summed E-state index contributed by atoms with van der Waals surface area (Å²) in [5.41, 5.74) is 2.59. The van der Waals surface area contributed by atoms with Crippen molar-refractivity contribution in [2.75, 3.05) is 0 Å². The number of cyclic esters (lactones) is 1. The van der Waals surface area contributed by atoms with Crippen LogP contribution in [-0.4, -0.2) is 11.9 Å². The Balaban J connectivity index is 0.000000449. The zero-order valence-corrected chi connectivity index (χ0v) is 23.7. The lowest BCUT2D eigenvalue weighted by Gasteiger charge is -2.26. The van der Waals surface area contributed by atoms with Crippen LogP contribution in [0.3, 0.4) is 0 Å². The van der Waals surface area contributed by atoms with E-state index in [1.807, 2.05) is 6.20 Å². The van der Waals surface area contributed by atoms with Gasteiger partial charge in [0.1, 0.15) is 0 Å². The molecule has 0 aromatic rings. The molecule has 28 heavy (non-hydrogen) atoms. The van der Waals surface area contributed by atoms with Gasteiger partial charge >= 0.3 is 5.97 Å². The minimum atomic E-state index is -0.0180. The van der Waals surface area contributed by atoms with Crippen LogP contribution in [0.5, 0.6) is 0 Å². The summed E-state index contributed by atoms with van der Waals surface area (Å²) >= 11 is 4.24. The Labute approximate surface area is 209 Å². The fourth-order valence-corrected chi connectivity index (χ4v) is 4.96. The molecule has 2 aliphatic heterocycles. The summed E-state index contributed by atoms with van der Waals surface area (Å²) in [5.74, 6) is 2.70. The molecule has 0 radical (unpaired) electrons. The summed E-state index contributed by atoms with van der Waals surface area (Å²) in [5, 5.41) is 2.83. The van der Waals surface area contributed by atoms with E-state index in [1.165, 1.54) is 24.0 Å². The van der Waals surface area contributed by atoms with Crippen molar-refractivity contribution in [3.63, 3.8) is 0 Å². The third-order valence-corrected chi connectivity index (χ3v) is 6.51. The van der Waals surface area contributed by atoms with Crippen LogP contribution in [0.1, 0.15) is 53.4 Å². The maximum Gasteiger partial charge on any atom is 0.314 e. The topological polar surface area (TPSA) is 90.4 Å². The first kappa shape index (κ1) is 28.6. The Morgan fingerprint density at radius 2 is 1.43 bits per heavy atom. The average Bonchev–Trinajstić information content (AvgIpc) is 3.22. The zero-order valence-electron chi connectivity index (χ0n) is 17.0. The average molecular weight is 730 g/mol. The molecule has 0 bridgehead atoms. The molecule has 2 heterocycles. The molecule has 162 valence electrons. The molecule has 5 nitrogen and oxygen atoms in total. The zero-order chi connectivity index (χ0) is 19.4. The molecule has 8 heteroatoms. The van der Waals surface area contributed by atoms with Crippen molar-refractivity contribution in [1.29, 1.82) is 0 Å². The van der Waals surface area contributed by atoms with E-state index in [9.17, 15) is 9.59 Å². The number of allylic oxidation sites excluding steroid dienone is 2. The number of hydrogen-bond acceptors (Lipinski definition) is 4. The second-order valence-electron chi connectivity index (χ2n) is 8.07. The molecule has 4 rings (SSSR count). The van der Waals surface area contributed by atoms with Crippen LogP contribution in [0.4, 0.5) is 0 Å². The van der Waals surface area contributed by atoms with Crippen molar-refractivity contribution < 1.29 is 14.3 Å². The first-order valence-corrected chi connectivity index (χ1v) is 15.7. The van der Waals surface area contributed by atoms with Gasteiger partial charge in [-0.3, -0.25) is 9.59 Å². The molecule has 2 fully saturated rings. The molecule has 0 saturated heterocycles. The maximum atomic E-state index is 11.5. The van der Waals surface area contributed by atoms with E-state index in [0.717, 1.165) is 12.8 Å². The van der Waals surface area contributed by atoms with E-state index in [2.05, 4.69) is 70.2 Å². The molecule has 4 unspecified atom stereocenters. The van der Waals surface area contributed by atoms with Crippen LogP contribution in [0, 0.1) is 35.5 Å². The lowest BCUT2D eigenvalue weighted by Crippen LogP contribution is -2.37. The number of nitrogens with one attached hydrogen (secondary N) is 1. The van der Waals surface area contributed by atoms with Crippen molar-refractivity contribution in [2.45, 2.75) is 53.4 Å². The molecule has 2 saturated carbocycles. The van der Waals surface area contributed by atoms with Crippen LogP contribution in [0.2, 0.25) is 0 Å². The van der Waals surface area contributed by atoms with Gasteiger partial charge in [-0.25, -0.2) is 0 Å². The summed E-state index contributed by atoms with van der Waals surface area (Å²) in [6.45, 7) is 8.50. The van der Waals surface area contributed by atoms with Gasteiger partial charge in [-0.15, -0.1) is 24.0 Å². The standard InChI is InChI=1S/C10H15NO.C10H14O2.I2.HI.H3N/c1-6-3-4-8-7(2)5-11-10(12)9(6)8;1-6-3-4-8-7(2)5-12-10(11)9(6)8;1-2;;/h5-6,8-9H,3-4H2,1-2H3,(H,11,12);5-6,8-9H,3-4H2,1-2H3;;1H;1H3/t2*6-,8?,9?;;;/m00.../s1. The van der Waals surface area contributed by atoms with Gasteiger partial charge in [0.15, 0.2) is 0 Å². The van der Waals surface area contributed by atoms with Crippen LogP contribution >= 0.6 is 61.2 Å². The van der Waals surface area contributed by atoms with Crippen molar-refractivity contribution in [3.05, 3.63) is 23.6 Å². The smallest absolute Gasteiger partial charge is 0.314 e. The third-order valence-electron chi connectivity index (χ3n) is 6.51. The second-order valence-corrected chi connectivity index (χ2v) is 8.07.